The van der Waals surface area contributed by atoms with Crippen molar-refractivity contribution in [2.45, 2.75) is 6.04 Å². The van der Waals surface area contributed by atoms with Crippen molar-refractivity contribution in [3.63, 3.8) is 0 Å². The first-order chi connectivity index (χ1) is 9.20. The molecule has 0 fully saturated rings. The Morgan fingerprint density at radius 2 is 2.05 bits per heavy atom. The molecule has 1 amide bonds. The molecule has 1 unspecified atom stereocenters. The van der Waals surface area contributed by atoms with E-state index in [0.29, 0.717) is 5.56 Å². The van der Waals surface area contributed by atoms with E-state index < -0.39 is 17.8 Å². The van der Waals surface area contributed by atoms with Crippen molar-refractivity contribution in [2.75, 3.05) is 0 Å². The van der Waals surface area contributed by atoms with E-state index in [1.54, 1.807) is 24.3 Å². The highest BCUT2D eigenvalue weighted by Gasteiger charge is 2.15. The van der Waals surface area contributed by atoms with Gasteiger partial charge in [0.05, 0.1) is 17.8 Å². The van der Waals surface area contributed by atoms with Crippen LogP contribution >= 0.6 is 0 Å². The first-order valence-corrected chi connectivity index (χ1v) is 5.56. The van der Waals surface area contributed by atoms with Crippen molar-refractivity contribution in [3.8, 4) is 6.07 Å². The van der Waals surface area contributed by atoms with E-state index in [4.69, 9.17) is 5.26 Å². The van der Waals surface area contributed by atoms with Gasteiger partial charge in [0.1, 0.15) is 11.9 Å². The fourth-order valence-corrected chi connectivity index (χ4v) is 1.59. The van der Waals surface area contributed by atoms with E-state index in [-0.39, 0.29) is 5.56 Å². The van der Waals surface area contributed by atoms with Crippen LogP contribution in [0.1, 0.15) is 22.0 Å². The molecule has 0 saturated carbocycles. The predicted octanol–water partition coefficient (Wildman–Crippen LogP) is 2.22. The third-order valence-corrected chi connectivity index (χ3v) is 2.50. The van der Waals surface area contributed by atoms with E-state index in [0.717, 1.165) is 12.3 Å². The van der Waals surface area contributed by atoms with E-state index in [1.807, 2.05) is 12.1 Å². The number of hydrogen-bond donors (Lipinski definition) is 1. The lowest BCUT2D eigenvalue weighted by Gasteiger charge is -2.11. The Bertz CT molecular complexity index is 622. The van der Waals surface area contributed by atoms with Crippen LogP contribution in [-0.4, -0.2) is 10.9 Å². The maximum Gasteiger partial charge on any atom is 0.254 e. The summed E-state index contributed by atoms with van der Waals surface area (Å²) >= 11 is 0. The highest BCUT2D eigenvalue weighted by atomic mass is 19.1. The molecule has 0 aliphatic heterocycles. The van der Waals surface area contributed by atoms with Gasteiger partial charge in [0.2, 0.25) is 0 Å². The van der Waals surface area contributed by atoms with Crippen LogP contribution in [0.15, 0.2) is 48.8 Å². The summed E-state index contributed by atoms with van der Waals surface area (Å²) in [6.07, 6.45) is 2.26. The van der Waals surface area contributed by atoms with Crippen LogP contribution < -0.4 is 5.32 Å². The lowest BCUT2D eigenvalue weighted by molar-refractivity contribution is 0.0944. The highest BCUT2D eigenvalue weighted by molar-refractivity contribution is 5.94. The molecular formula is C14H10FN3O. The van der Waals surface area contributed by atoms with E-state index >= 15 is 0 Å². The van der Waals surface area contributed by atoms with Crippen molar-refractivity contribution in [1.82, 2.24) is 10.3 Å². The van der Waals surface area contributed by atoms with Crippen molar-refractivity contribution in [2.24, 2.45) is 0 Å². The Labute approximate surface area is 109 Å². The van der Waals surface area contributed by atoms with Gasteiger partial charge in [0, 0.05) is 6.20 Å². The summed E-state index contributed by atoms with van der Waals surface area (Å²) in [6, 6.07) is 11.1. The zero-order chi connectivity index (χ0) is 13.7. The number of rotatable bonds is 3. The number of aromatic nitrogens is 1. The second-order valence-electron chi connectivity index (χ2n) is 3.84. The number of carbonyl (C=O) groups excluding carboxylic acids is 1. The summed E-state index contributed by atoms with van der Waals surface area (Å²) in [7, 11) is 0. The zero-order valence-corrected chi connectivity index (χ0v) is 9.88. The molecule has 1 N–H and O–H groups in total. The van der Waals surface area contributed by atoms with Gasteiger partial charge < -0.3 is 5.32 Å². The molecule has 0 aliphatic carbocycles. The number of nitrogens with one attached hydrogen (secondary N) is 1. The third-order valence-electron chi connectivity index (χ3n) is 2.50. The molecule has 0 saturated heterocycles. The molecule has 2 rings (SSSR count). The Morgan fingerprint density at radius 1 is 1.32 bits per heavy atom. The minimum atomic E-state index is -0.781. The Balaban J connectivity index is 2.16. The third kappa shape index (κ3) is 3.13. The lowest BCUT2D eigenvalue weighted by atomic mass is 10.1. The second kappa shape index (κ2) is 5.74. The van der Waals surface area contributed by atoms with Crippen molar-refractivity contribution in [3.05, 3.63) is 65.7 Å². The second-order valence-corrected chi connectivity index (χ2v) is 3.84. The number of hydrogen-bond acceptors (Lipinski definition) is 3. The van der Waals surface area contributed by atoms with Crippen LogP contribution in [0.4, 0.5) is 4.39 Å². The Kier molecular flexibility index (Phi) is 3.84. The molecule has 4 nitrogen and oxygen atoms in total. The zero-order valence-electron chi connectivity index (χ0n) is 9.88. The van der Waals surface area contributed by atoms with Crippen LogP contribution in [0.2, 0.25) is 0 Å². The fraction of sp³-hybridized carbons (Fsp3) is 0.0714. The molecule has 0 aliphatic rings. The number of carbonyl (C=O) groups is 1. The molecule has 1 aromatic heterocycles. The number of halogens is 1. The smallest absolute Gasteiger partial charge is 0.254 e. The average molecular weight is 255 g/mol. The summed E-state index contributed by atoms with van der Waals surface area (Å²) in [5.41, 5.74) is 0.749. The van der Waals surface area contributed by atoms with E-state index in [1.165, 1.54) is 6.20 Å². The Morgan fingerprint density at radius 3 is 2.68 bits per heavy atom. The average Bonchev–Trinajstić information content (AvgIpc) is 2.45. The summed E-state index contributed by atoms with van der Waals surface area (Å²) in [6.45, 7) is 0. The van der Waals surface area contributed by atoms with E-state index in [9.17, 15) is 9.18 Å². The summed E-state index contributed by atoms with van der Waals surface area (Å²) < 4.78 is 13.0. The molecule has 1 atom stereocenters. The fourth-order valence-electron chi connectivity index (χ4n) is 1.59. The van der Waals surface area contributed by atoms with Gasteiger partial charge in [0.25, 0.3) is 5.91 Å². The minimum Gasteiger partial charge on any atom is -0.332 e. The number of benzene rings is 1. The number of nitriles is 1. The van der Waals surface area contributed by atoms with Gasteiger partial charge in [-0.05, 0) is 11.6 Å². The molecule has 94 valence electrons. The molecule has 0 radical (unpaired) electrons. The molecule has 19 heavy (non-hydrogen) atoms. The standard InChI is InChI=1S/C14H10FN3O/c15-12-6-11(8-17-9-12)14(19)18-13(7-16)10-4-2-1-3-5-10/h1-6,8-9,13H,(H,18,19). The highest BCUT2D eigenvalue weighted by Crippen LogP contribution is 2.12. The normalized spacial score (nSPS) is 11.4. The summed E-state index contributed by atoms with van der Waals surface area (Å²) in [5, 5.41) is 11.6. The molecule has 1 heterocycles. The quantitative estimate of drug-likeness (QED) is 0.914. The van der Waals surface area contributed by atoms with Gasteiger partial charge in [-0.25, -0.2) is 4.39 Å². The monoisotopic (exact) mass is 255 g/mol. The van der Waals surface area contributed by atoms with Crippen LogP contribution in [0, 0.1) is 17.1 Å². The molecule has 0 bridgehead atoms. The predicted molar refractivity (Wildman–Crippen MR) is 66.5 cm³/mol. The van der Waals surface area contributed by atoms with Crippen LogP contribution in [0.5, 0.6) is 0 Å². The van der Waals surface area contributed by atoms with Crippen molar-refractivity contribution >= 4 is 5.91 Å². The first-order valence-electron chi connectivity index (χ1n) is 5.56. The summed E-state index contributed by atoms with van der Waals surface area (Å²) in [5.74, 6) is -1.14. The number of pyridine rings is 1. The minimum absolute atomic E-state index is 0.0798. The van der Waals surface area contributed by atoms with E-state index in [2.05, 4.69) is 10.3 Å². The van der Waals surface area contributed by atoms with Crippen molar-refractivity contribution < 1.29 is 9.18 Å². The molecule has 0 spiro atoms. The van der Waals surface area contributed by atoms with Gasteiger partial charge in [-0.3, -0.25) is 9.78 Å². The Hall–Kier alpha value is -2.74. The van der Waals surface area contributed by atoms with Crippen LogP contribution in [0.25, 0.3) is 0 Å². The maximum atomic E-state index is 13.0. The lowest BCUT2D eigenvalue weighted by Crippen LogP contribution is -2.27. The van der Waals surface area contributed by atoms with Gasteiger partial charge in [0.15, 0.2) is 0 Å². The number of nitrogens with zero attached hydrogens (tertiary/aromatic N) is 2. The number of amides is 1. The maximum absolute atomic E-state index is 13.0. The molecule has 5 heteroatoms. The molecule has 1 aromatic carbocycles. The molecule has 2 aromatic rings. The SMILES string of the molecule is N#CC(NC(=O)c1cncc(F)c1)c1ccccc1. The van der Waals surface area contributed by atoms with Gasteiger partial charge in [-0.15, -0.1) is 0 Å². The van der Waals surface area contributed by atoms with Gasteiger partial charge in [-0.2, -0.15) is 5.26 Å². The van der Waals surface area contributed by atoms with Crippen LogP contribution in [-0.2, 0) is 0 Å². The topological polar surface area (TPSA) is 65.8 Å². The molecular weight excluding hydrogens is 245 g/mol. The van der Waals surface area contributed by atoms with Gasteiger partial charge in [-0.1, -0.05) is 30.3 Å². The van der Waals surface area contributed by atoms with Gasteiger partial charge >= 0.3 is 0 Å². The summed E-state index contributed by atoms with van der Waals surface area (Å²) in [4.78, 5) is 15.5. The first kappa shape index (κ1) is 12.7. The van der Waals surface area contributed by atoms with Crippen molar-refractivity contribution in [1.29, 1.82) is 5.26 Å². The largest absolute Gasteiger partial charge is 0.332 e. The van der Waals surface area contributed by atoms with Crippen LogP contribution in [0.3, 0.4) is 0 Å².